The Morgan fingerprint density at radius 1 is 1.39 bits per heavy atom. The molecule has 1 atom stereocenters. The third-order valence-electron chi connectivity index (χ3n) is 4.32. The average molecular weight is 314 g/mol. The van der Waals surface area contributed by atoms with Crippen LogP contribution in [0.1, 0.15) is 12.2 Å². The van der Waals surface area contributed by atoms with Crippen molar-refractivity contribution in [2.45, 2.75) is 12.5 Å². The number of nitrogens with zero attached hydrogens (tertiary/aromatic N) is 6. The Kier molecular flexibility index (Phi) is 3.86. The van der Waals surface area contributed by atoms with E-state index in [1.165, 1.54) is 0 Å². The molecule has 23 heavy (non-hydrogen) atoms. The third kappa shape index (κ3) is 2.82. The zero-order valence-corrected chi connectivity index (χ0v) is 13.1. The lowest BCUT2D eigenvalue weighted by Crippen LogP contribution is -2.60. The van der Waals surface area contributed by atoms with Crippen LogP contribution in [0.5, 0.6) is 0 Å². The molecule has 0 radical (unpaired) electrons. The highest BCUT2D eigenvalue weighted by atomic mass is 16.2. The van der Waals surface area contributed by atoms with Gasteiger partial charge in [0.2, 0.25) is 17.6 Å². The van der Waals surface area contributed by atoms with Gasteiger partial charge in [-0.1, -0.05) is 0 Å². The summed E-state index contributed by atoms with van der Waals surface area (Å²) in [5, 5.41) is 8.84. The van der Waals surface area contributed by atoms with E-state index in [1.807, 2.05) is 11.0 Å². The van der Waals surface area contributed by atoms with Gasteiger partial charge in [0.05, 0.1) is 12.0 Å². The average Bonchev–Trinajstić information content (AvgIpc) is 2.87. The normalized spacial score (nSPS) is 21.1. The van der Waals surface area contributed by atoms with Gasteiger partial charge in [0.1, 0.15) is 11.9 Å². The number of rotatable bonds is 3. The molecule has 1 unspecified atom stereocenters. The van der Waals surface area contributed by atoms with Crippen LogP contribution in [-0.2, 0) is 9.59 Å². The summed E-state index contributed by atoms with van der Waals surface area (Å²) in [5.74, 6) is 0.637. The van der Waals surface area contributed by atoms with Crippen LogP contribution < -0.4 is 4.90 Å². The lowest BCUT2D eigenvalue weighted by Gasteiger charge is -2.44. The van der Waals surface area contributed by atoms with E-state index in [4.69, 9.17) is 5.26 Å². The molecule has 3 heterocycles. The number of amides is 2. The SMILES string of the molecule is CN(C)C(=O)C1CC(=O)N(C2CN(c3ccnc(C#N)n3)C2)C1. The minimum absolute atomic E-state index is 0.00601. The van der Waals surface area contributed by atoms with Crippen molar-refractivity contribution < 1.29 is 9.59 Å². The second-order valence-electron chi connectivity index (χ2n) is 6.09. The number of aromatic nitrogens is 2. The summed E-state index contributed by atoms with van der Waals surface area (Å²) in [6, 6.07) is 3.77. The molecule has 0 spiro atoms. The Balaban J connectivity index is 1.60. The highest BCUT2D eigenvalue weighted by Crippen LogP contribution is 2.28. The maximum atomic E-state index is 12.2. The van der Waals surface area contributed by atoms with Crippen molar-refractivity contribution in [3.8, 4) is 6.07 Å². The van der Waals surface area contributed by atoms with Crippen LogP contribution in [0.4, 0.5) is 5.82 Å². The van der Waals surface area contributed by atoms with E-state index in [1.54, 1.807) is 36.2 Å². The lowest BCUT2D eigenvalue weighted by molar-refractivity contribution is -0.133. The van der Waals surface area contributed by atoms with Crippen LogP contribution in [0, 0.1) is 17.2 Å². The summed E-state index contributed by atoms with van der Waals surface area (Å²) in [7, 11) is 3.42. The van der Waals surface area contributed by atoms with E-state index >= 15 is 0 Å². The molecule has 2 fully saturated rings. The van der Waals surface area contributed by atoms with Crippen molar-refractivity contribution in [3.05, 3.63) is 18.1 Å². The summed E-state index contributed by atoms with van der Waals surface area (Å²) in [5.41, 5.74) is 0. The van der Waals surface area contributed by atoms with Crippen LogP contribution in [0.2, 0.25) is 0 Å². The zero-order valence-electron chi connectivity index (χ0n) is 13.1. The Morgan fingerprint density at radius 2 is 2.13 bits per heavy atom. The molecule has 1 aromatic heterocycles. The van der Waals surface area contributed by atoms with Crippen LogP contribution in [0.3, 0.4) is 0 Å². The van der Waals surface area contributed by atoms with E-state index in [0.717, 1.165) is 0 Å². The number of carbonyl (C=O) groups is 2. The first-order valence-electron chi connectivity index (χ1n) is 7.48. The largest absolute Gasteiger partial charge is 0.352 e. The second kappa shape index (κ2) is 5.83. The van der Waals surface area contributed by atoms with Crippen molar-refractivity contribution in [1.29, 1.82) is 5.26 Å². The molecule has 0 saturated carbocycles. The first-order chi connectivity index (χ1) is 11.0. The van der Waals surface area contributed by atoms with Crippen molar-refractivity contribution in [2.75, 3.05) is 38.6 Å². The number of anilines is 1. The molecule has 0 aliphatic carbocycles. The molecule has 2 aliphatic rings. The molecule has 0 aromatic carbocycles. The lowest BCUT2D eigenvalue weighted by atomic mass is 10.1. The van der Waals surface area contributed by atoms with E-state index in [-0.39, 0.29) is 29.6 Å². The Morgan fingerprint density at radius 3 is 2.78 bits per heavy atom. The maximum Gasteiger partial charge on any atom is 0.234 e. The molecule has 2 aliphatic heterocycles. The van der Waals surface area contributed by atoms with Crippen LogP contribution in [-0.4, -0.2) is 71.4 Å². The molecule has 2 saturated heterocycles. The number of nitriles is 1. The molecule has 1 aromatic rings. The Labute approximate surface area is 134 Å². The van der Waals surface area contributed by atoms with Gasteiger partial charge in [0.15, 0.2) is 0 Å². The van der Waals surface area contributed by atoms with Gasteiger partial charge in [-0.3, -0.25) is 9.59 Å². The van der Waals surface area contributed by atoms with Gasteiger partial charge in [-0.2, -0.15) is 5.26 Å². The van der Waals surface area contributed by atoms with Gasteiger partial charge < -0.3 is 14.7 Å². The Hall–Kier alpha value is -2.69. The smallest absolute Gasteiger partial charge is 0.234 e. The highest BCUT2D eigenvalue weighted by Gasteiger charge is 2.42. The van der Waals surface area contributed by atoms with Crippen LogP contribution in [0.15, 0.2) is 12.3 Å². The van der Waals surface area contributed by atoms with E-state index in [0.29, 0.717) is 31.9 Å². The van der Waals surface area contributed by atoms with Crippen molar-refractivity contribution in [3.63, 3.8) is 0 Å². The molecular formula is C15H18N6O2. The standard InChI is InChI=1S/C15H18N6O2/c1-19(2)15(23)10-5-14(22)21(7-10)11-8-20(9-11)13-3-4-17-12(6-16)18-13/h3-4,10-11H,5,7-9H2,1-2H3. The second-order valence-corrected chi connectivity index (χ2v) is 6.09. The number of likely N-dealkylation sites (tertiary alicyclic amines) is 1. The predicted octanol–water partition coefficient (Wildman–Crippen LogP) is -0.526. The molecule has 120 valence electrons. The van der Waals surface area contributed by atoms with Crippen molar-refractivity contribution in [2.24, 2.45) is 5.92 Å². The molecule has 3 rings (SSSR count). The molecule has 2 amide bonds. The minimum Gasteiger partial charge on any atom is -0.352 e. The summed E-state index contributed by atoms with van der Waals surface area (Å²) >= 11 is 0. The Bertz CT molecular complexity index is 677. The quantitative estimate of drug-likeness (QED) is 0.745. The fraction of sp³-hybridized carbons (Fsp3) is 0.533. The summed E-state index contributed by atoms with van der Waals surface area (Å²) in [6.07, 6.45) is 1.85. The highest BCUT2D eigenvalue weighted by molar-refractivity contribution is 5.89. The summed E-state index contributed by atoms with van der Waals surface area (Å²) < 4.78 is 0. The minimum atomic E-state index is -0.240. The summed E-state index contributed by atoms with van der Waals surface area (Å²) in [4.78, 5) is 37.5. The number of carbonyl (C=O) groups excluding carboxylic acids is 2. The van der Waals surface area contributed by atoms with Gasteiger partial charge in [0.25, 0.3) is 0 Å². The van der Waals surface area contributed by atoms with Crippen molar-refractivity contribution >= 4 is 17.6 Å². The van der Waals surface area contributed by atoms with Crippen molar-refractivity contribution in [1.82, 2.24) is 19.8 Å². The fourth-order valence-electron chi connectivity index (χ4n) is 3.03. The van der Waals surface area contributed by atoms with E-state index < -0.39 is 0 Å². The van der Waals surface area contributed by atoms with Crippen LogP contribution >= 0.6 is 0 Å². The van der Waals surface area contributed by atoms with Gasteiger partial charge in [-0.25, -0.2) is 9.97 Å². The van der Waals surface area contributed by atoms with Gasteiger partial charge in [-0.05, 0) is 6.07 Å². The van der Waals surface area contributed by atoms with Gasteiger partial charge in [-0.15, -0.1) is 0 Å². The molecule has 8 nitrogen and oxygen atoms in total. The molecule has 8 heteroatoms. The first-order valence-corrected chi connectivity index (χ1v) is 7.48. The number of hydrogen-bond donors (Lipinski definition) is 0. The first kappa shape index (κ1) is 15.2. The van der Waals surface area contributed by atoms with E-state index in [9.17, 15) is 9.59 Å². The van der Waals surface area contributed by atoms with Gasteiger partial charge >= 0.3 is 0 Å². The third-order valence-corrected chi connectivity index (χ3v) is 4.32. The fourth-order valence-corrected chi connectivity index (χ4v) is 3.03. The zero-order chi connectivity index (χ0) is 16.6. The van der Waals surface area contributed by atoms with E-state index in [2.05, 4.69) is 9.97 Å². The molecular weight excluding hydrogens is 296 g/mol. The molecule has 0 N–H and O–H groups in total. The van der Waals surface area contributed by atoms with Gasteiger partial charge in [0, 0.05) is 46.3 Å². The topological polar surface area (TPSA) is 93.4 Å². The summed E-state index contributed by atoms with van der Waals surface area (Å²) in [6.45, 7) is 1.81. The monoisotopic (exact) mass is 314 g/mol. The van der Waals surface area contributed by atoms with Crippen LogP contribution in [0.25, 0.3) is 0 Å². The number of hydrogen-bond acceptors (Lipinski definition) is 6. The maximum absolute atomic E-state index is 12.2. The predicted molar refractivity (Wildman–Crippen MR) is 81.3 cm³/mol. The molecule has 0 bridgehead atoms.